The Bertz CT molecular complexity index is 1280. The number of ether oxygens (including phenoxy) is 2. The van der Waals surface area contributed by atoms with Crippen molar-refractivity contribution in [1.82, 2.24) is 19.7 Å². The first kappa shape index (κ1) is 23.7. The minimum absolute atomic E-state index is 0.0149. The highest BCUT2D eigenvalue weighted by atomic mass is 35.5. The number of methoxy groups -OCH3 is 1. The maximum absolute atomic E-state index is 12.6. The van der Waals surface area contributed by atoms with E-state index in [-0.39, 0.29) is 43.5 Å². The van der Waals surface area contributed by atoms with Crippen molar-refractivity contribution in [2.45, 2.75) is 18.4 Å². The summed E-state index contributed by atoms with van der Waals surface area (Å²) in [7, 11) is -3.03. The number of rotatable bonds is 7. The van der Waals surface area contributed by atoms with Crippen LogP contribution in [-0.4, -0.2) is 43.0 Å². The maximum Gasteiger partial charge on any atom is 0.387 e. The van der Waals surface area contributed by atoms with E-state index in [0.717, 1.165) is 16.8 Å². The van der Waals surface area contributed by atoms with Gasteiger partial charge in [-0.3, -0.25) is 4.79 Å². The van der Waals surface area contributed by atoms with E-state index in [9.17, 15) is 22.0 Å². The normalized spacial score (nSPS) is 11.5. The third kappa shape index (κ3) is 4.92. The number of alkyl halides is 2. The summed E-state index contributed by atoms with van der Waals surface area (Å²) < 4.78 is 62.3. The number of amides is 1. The molecule has 170 valence electrons. The van der Waals surface area contributed by atoms with Crippen molar-refractivity contribution in [3.05, 3.63) is 57.8 Å². The summed E-state index contributed by atoms with van der Waals surface area (Å²) in [4.78, 5) is 12.2. The quantitative estimate of drug-likeness (QED) is 0.520. The SMILES string of the molecule is COc1ccc(Cl)c(S(=O)(=O)NC(=O)c2nnn(-c3ccc(OC(F)F)cc3Cl)c2C)c1. The van der Waals surface area contributed by atoms with Crippen LogP contribution < -0.4 is 14.2 Å². The molecule has 9 nitrogen and oxygen atoms in total. The lowest BCUT2D eigenvalue weighted by Gasteiger charge is -2.10. The van der Waals surface area contributed by atoms with E-state index in [2.05, 4.69) is 15.0 Å². The summed E-state index contributed by atoms with van der Waals surface area (Å²) >= 11 is 12.1. The molecule has 3 rings (SSSR count). The third-order valence-corrected chi connectivity index (χ3v) is 6.25. The molecule has 1 amide bonds. The fourth-order valence-electron chi connectivity index (χ4n) is 2.65. The molecular formula is C18H14Cl2F2N4O5S. The van der Waals surface area contributed by atoms with E-state index in [1.807, 2.05) is 4.72 Å². The molecule has 0 fully saturated rings. The second kappa shape index (κ2) is 9.27. The molecule has 32 heavy (non-hydrogen) atoms. The van der Waals surface area contributed by atoms with Gasteiger partial charge in [-0.15, -0.1) is 5.10 Å². The smallest absolute Gasteiger partial charge is 0.387 e. The zero-order chi connectivity index (χ0) is 23.6. The van der Waals surface area contributed by atoms with E-state index in [4.69, 9.17) is 27.9 Å². The van der Waals surface area contributed by atoms with Gasteiger partial charge in [0.05, 0.1) is 28.5 Å². The molecule has 2 aromatic carbocycles. The number of hydrogen-bond donors (Lipinski definition) is 1. The van der Waals surface area contributed by atoms with Crippen LogP contribution in [0.4, 0.5) is 8.78 Å². The zero-order valence-corrected chi connectivity index (χ0v) is 18.7. The maximum atomic E-state index is 12.6. The Hall–Kier alpha value is -2.96. The lowest BCUT2D eigenvalue weighted by atomic mass is 10.2. The predicted molar refractivity (Wildman–Crippen MR) is 110 cm³/mol. The standard InChI is InChI=1S/C18H14Cl2F2N4O5S/c1-9-16(17(27)24-32(28,29)15-8-10(30-2)3-5-12(15)19)23-25-26(9)14-6-4-11(7-13(14)20)31-18(21)22/h3-8,18H,1-2H3,(H,24,27). The molecule has 3 aromatic rings. The molecule has 0 aliphatic rings. The van der Waals surface area contributed by atoms with Gasteiger partial charge in [0.1, 0.15) is 16.4 Å². The predicted octanol–water partition coefficient (Wildman–Crippen LogP) is 3.61. The molecule has 0 aliphatic carbocycles. The van der Waals surface area contributed by atoms with Gasteiger partial charge >= 0.3 is 6.61 Å². The molecular weight excluding hydrogens is 493 g/mol. The molecule has 0 atom stereocenters. The van der Waals surface area contributed by atoms with Gasteiger partial charge < -0.3 is 9.47 Å². The van der Waals surface area contributed by atoms with Crippen LogP contribution in [0.5, 0.6) is 11.5 Å². The van der Waals surface area contributed by atoms with Crippen molar-refractivity contribution in [2.75, 3.05) is 7.11 Å². The van der Waals surface area contributed by atoms with Gasteiger partial charge in [0, 0.05) is 12.1 Å². The molecule has 0 unspecified atom stereocenters. The van der Waals surface area contributed by atoms with Gasteiger partial charge in [0.25, 0.3) is 15.9 Å². The second-order valence-corrected chi connectivity index (χ2v) is 8.62. The van der Waals surface area contributed by atoms with E-state index in [0.29, 0.717) is 0 Å². The van der Waals surface area contributed by atoms with Crippen LogP contribution in [0.25, 0.3) is 5.69 Å². The number of sulfonamides is 1. The molecule has 0 saturated heterocycles. The van der Waals surface area contributed by atoms with Crippen LogP contribution in [0.1, 0.15) is 16.2 Å². The highest BCUT2D eigenvalue weighted by molar-refractivity contribution is 7.90. The van der Waals surface area contributed by atoms with Gasteiger partial charge in [0.15, 0.2) is 5.69 Å². The monoisotopic (exact) mass is 506 g/mol. The van der Waals surface area contributed by atoms with Gasteiger partial charge in [0.2, 0.25) is 0 Å². The summed E-state index contributed by atoms with van der Waals surface area (Å²) in [6, 6.07) is 7.62. The van der Waals surface area contributed by atoms with Crippen LogP contribution >= 0.6 is 23.2 Å². The van der Waals surface area contributed by atoms with Gasteiger partial charge in [-0.25, -0.2) is 17.8 Å². The minimum atomic E-state index is -4.37. The highest BCUT2D eigenvalue weighted by Gasteiger charge is 2.26. The Morgan fingerprint density at radius 3 is 2.44 bits per heavy atom. The number of aromatic nitrogens is 3. The van der Waals surface area contributed by atoms with Gasteiger partial charge in [-0.2, -0.15) is 8.78 Å². The van der Waals surface area contributed by atoms with Crippen molar-refractivity contribution < 1.29 is 31.5 Å². The van der Waals surface area contributed by atoms with Gasteiger partial charge in [-0.05, 0) is 31.2 Å². The van der Waals surface area contributed by atoms with Crippen molar-refractivity contribution in [2.24, 2.45) is 0 Å². The summed E-state index contributed by atoms with van der Waals surface area (Å²) in [5.41, 5.74) is 0.0338. The minimum Gasteiger partial charge on any atom is -0.497 e. The average Bonchev–Trinajstić information content (AvgIpc) is 3.09. The fraction of sp³-hybridized carbons (Fsp3) is 0.167. The fourth-order valence-corrected chi connectivity index (χ4v) is 4.36. The van der Waals surface area contributed by atoms with E-state index in [1.54, 1.807) is 0 Å². The summed E-state index contributed by atoms with van der Waals surface area (Å²) in [5, 5.41) is 7.37. The average molecular weight is 507 g/mol. The van der Waals surface area contributed by atoms with E-state index in [1.165, 1.54) is 38.3 Å². The first-order valence-electron chi connectivity index (χ1n) is 8.61. The molecule has 0 radical (unpaired) electrons. The van der Waals surface area contributed by atoms with Crippen LogP contribution in [-0.2, 0) is 10.0 Å². The first-order chi connectivity index (χ1) is 15.0. The largest absolute Gasteiger partial charge is 0.497 e. The van der Waals surface area contributed by atoms with Crippen LogP contribution in [0.3, 0.4) is 0 Å². The summed E-state index contributed by atoms with van der Waals surface area (Å²) in [6.45, 7) is -1.58. The van der Waals surface area contributed by atoms with Crippen molar-refractivity contribution in [3.8, 4) is 17.2 Å². The van der Waals surface area contributed by atoms with Crippen molar-refractivity contribution in [1.29, 1.82) is 0 Å². The number of benzene rings is 2. The van der Waals surface area contributed by atoms with Crippen LogP contribution in [0.2, 0.25) is 10.0 Å². The molecule has 1 N–H and O–H groups in total. The summed E-state index contributed by atoms with van der Waals surface area (Å²) in [6.07, 6.45) is 0. The second-order valence-electron chi connectivity index (χ2n) is 6.16. The lowest BCUT2D eigenvalue weighted by Crippen LogP contribution is -2.31. The molecule has 0 saturated carbocycles. The number of carbonyl (C=O) groups is 1. The van der Waals surface area contributed by atoms with Crippen LogP contribution in [0.15, 0.2) is 41.3 Å². The van der Waals surface area contributed by atoms with E-state index >= 15 is 0 Å². The molecule has 14 heteroatoms. The zero-order valence-electron chi connectivity index (χ0n) is 16.3. The molecule has 0 aliphatic heterocycles. The lowest BCUT2D eigenvalue weighted by molar-refractivity contribution is -0.0498. The molecule has 0 spiro atoms. The Morgan fingerprint density at radius 1 is 1.12 bits per heavy atom. The molecule has 0 bridgehead atoms. The van der Waals surface area contributed by atoms with Crippen LogP contribution in [0, 0.1) is 6.92 Å². The number of nitrogens with zero attached hydrogens (tertiary/aromatic N) is 3. The topological polar surface area (TPSA) is 112 Å². The summed E-state index contributed by atoms with van der Waals surface area (Å²) in [5.74, 6) is -1.02. The Balaban J connectivity index is 1.89. The Morgan fingerprint density at radius 2 is 1.81 bits per heavy atom. The highest BCUT2D eigenvalue weighted by Crippen LogP contribution is 2.28. The number of nitrogens with one attached hydrogen (secondary N) is 1. The van der Waals surface area contributed by atoms with Crippen molar-refractivity contribution >= 4 is 39.1 Å². The number of halogens is 4. The molecule has 1 aromatic heterocycles. The van der Waals surface area contributed by atoms with Crippen molar-refractivity contribution in [3.63, 3.8) is 0 Å². The third-order valence-electron chi connectivity index (χ3n) is 4.14. The molecule has 1 heterocycles. The van der Waals surface area contributed by atoms with Gasteiger partial charge in [-0.1, -0.05) is 28.4 Å². The number of hydrogen-bond acceptors (Lipinski definition) is 7. The first-order valence-corrected chi connectivity index (χ1v) is 10.8. The number of carbonyl (C=O) groups excluding carboxylic acids is 1. The Labute approximate surface area is 190 Å². The van der Waals surface area contributed by atoms with E-state index < -0.39 is 22.5 Å². The Kier molecular flexibility index (Phi) is 6.86.